The van der Waals surface area contributed by atoms with E-state index in [1.54, 1.807) is 18.2 Å². The molecule has 0 aliphatic carbocycles. The molecule has 1 atom stereocenters. The normalized spacial score (nSPS) is 16.3. The van der Waals surface area contributed by atoms with Crippen molar-refractivity contribution in [2.24, 2.45) is 0 Å². The summed E-state index contributed by atoms with van der Waals surface area (Å²) < 4.78 is 5.53. The zero-order valence-electron chi connectivity index (χ0n) is 10.8. The summed E-state index contributed by atoms with van der Waals surface area (Å²) in [6.07, 6.45) is 0. The summed E-state index contributed by atoms with van der Waals surface area (Å²) in [6.45, 7) is 0.433. The summed E-state index contributed by atoms with van der Waals surface area (Å²) >= 11 is 0. The van der Waals surface area contributed by atoms with Crippen LogP contribution in [0.1, 0.15) is 22.0 Å². The fraction of sp³-hybridized carbons (Fsp3) is 0.133. The molecule has 1 aliphatic rings. The Bertz CT molecular complexity index is 650. The van der Waals surface area contributed by atoms with Crippen LogP contribution in [0.5, 0.6) is 5.75 Å². The first kappa shape index (κ1) is 12.3. The predicted octanol–water partition coefficient (Wildman–Crippen LogP) is 1.71. The van der Waals surface area contributed by atoms with Crippen molar-refractivity contribution in [1.82, 2.24) is 5.32 Å². The first-order valence-corrected chi connectivity index (χ1v) is 6.32. The van der Waals surface area contributed by atoms with Gasteiger partial charge in [-0.05, 0) is 24.3 Å². The maximum atomic E-state index is 12.2. The molecule has 0 fully saturated rings. The quantitative estimate of drug-likeness (QED) is 0.724. The fourth-order valence-corrected chi connectivity index (χ4v) is 2.33. The molecule has 5 N–H and O–H groups in total. The summed E-state index contributed by atoms with van der Waals surface area (Å²) in [5, 5.41) is 2.93. The van der Waals surface area contributed by atoms with E-state index in [4.69, 9.17) is 16.2 Å². The third-order valence-electron chi connectivity index (χ3n) is 3.25. The first-order valence-electron chi connectivity index (χ1n) is 6.32. The number of hydrogen-bond donors (Lipinski definition) is 3. The summed E-state index contributed by atoms with van der Waals surface area (Å²) in [4.78, 5) is 12.2. The molecule has 1 heterocycles. The molecular weight excluding hydrogens is 254 g/mol. The van der Waals surface area contributed by atoms with Crippen LogP contribution in [0.15, 0.2) is 42.5 Å². The molecule has 102 valence electrons. The van der Waals surface area contributed by atoms with E-state index >= 15 is 0 Å². The fourth-order valence-electron chi connectivity index (χ4n) is 2.33. The molecular formula is C15H15N3O2. The summed E-state index contributed by atoms with van der Waals surface area (Å²) in [5.74, 6) is 0.596. The molecule has 1 aliphatic heterocycles. The molecule has 0 spiro atoms. The van der Waals surface area contributed by atoms with Crippen LogP contribution in [0.4, 0.5) is 11.4 Å². The van der Waals surface area contributed by atoms with Gasteiger partial charge in [0.15, 0.2) is 0 Å². The Balaban J connectivity index is 1.80. The van der Waals surface area contributed by atoms with Gasteiger partial charge in [-0.25, -0.2) is 0 Å². The second-order valence-corrected chi connectivity index (χ2v) is 4.76. The monoisotopic (exact) mass is 269 g/mol. The number of amides is 1. The van der Waals surface area contributed by atoms with Gasteiger partial charge < -0.3 is 21.5 Å². The lowest BCUT2D eigenvalue weighted by molar-refractivity contribution is 0.0930. The third kappa shape index (κ3) is 2.25. The van der Waals surface area contributed by atoms with E-state index in [0.717, 1.165) is 11.3 Å². The van der Waals surface area contributed by atoms with E-state index in [-0.39, 0.29) is 11.9 Å². The van der Waals surface area contributed by atoms with E-state index in [2.05, 4.69) is 5.32 Å². The molecule has 0 aromatic heterocycles. The van der Waals surface area contributed by atoms with E-state index in [9.17, 15) is 4.79 Å². The highest BCUT2D eigenvalue weighted by Crippen LogP contribution is 2.31. The zero-order chi connectivity index (χ0) is 14.1. The first-order chi connectivity index (χ1) is 9.63. The van der Waals surface area contributed by atoms with Gasteiger partial charge in [-0.3, -0.25) is 4.79 Å². The van der Waals surface area contributed by atoms with Gasteiger partial charge >= 0.3 is 0 Å². The Morgan fingerprint density at radius 3 is 2.60 bits per heavy atom. The summed E-state index contributed by atoms with van der Waals surface area (Å²) in [6, 6.07) is 12.3. The molecule has 0 radical (unpaired) electrons. The molecule has 1 unspecified atom stereocenters. The van der Waals surface area contributed by atoms with E-state index in [0.29, 0.717) is 23.5 Å². The summed E-state index contributed by atoms with van der Waals surface area (Å²) in [5.41, 5.74) is 13.8. The average Bonchev–Trinajstić information content (AvgIpc) is 2.81. The van der Waals surface area contributed by atoms with Crippen molar-refractivity contribution < 1.29 is 9.53 Å². The van der Waals surface area contributed by atoms with Crippen molar-refractivity contribution in [3.63, 3.8) is 0 Å². The van der Waals surface area contributed by atoms with Crippen LogP contribution < -0.4 is 21.5 Å². The predicted molar refractivity (Wildman–Crippen MR) is 77.4 cm³/mol. The maximum absolute atomic E-state index is 12.2. The van der Waals surface area contributed by atoms with Crippen molar-refractivity contribution in [1.29, 1.82) is 0 Å². The molecule has 0 saturated carbocycles. The Hall–Kier alpha value is -2.69. The minimum Gasteiger partial charge on any atom is -0.491 e. The number of rotatable bonds is 2. The van der Waals surface area contributed by atoms with Gasteiger partial charge in [-0.2, -0.15) is 0 Å². The standard InChI is InChI=1S/C15H15N3O2/c16-10-5-9(6-11(17)7-10)15(19)18-13-8-20-14-4-2-1-3-12(13)14/h1-7,13H,8,16-17H2,(H,18,19). The van der Waals surface area contributed by atoms with Crippen LogP contribution in [0.3, 0.4) is 0 Å². The van der Waals surface area contributed by atoms with Gasteiger partial charge in [0.25, 0.3) is 5.91 Å². The van der Waals surface area contributed by atoms with Gasteiger partial charge in [0.1, 0.15) is 12.4 Å². The molecule has 3 rings (SSSR count). The number of anilines is 2. The molecule has 2 aromatic rings. The number of nitrogens with one attached hydrogen (secondary N) is 1. The maximum Gasteiger partial charge on any atom is 0.252 e. The second kappa shape index (κ2) is 4.77. The smallest absolute Gasteiger partial charge is 0.252 e. The van der Waals surface area contributed by atoms with Crippen molar-refractivity contribution in [3.8, 4) is 5.75 Å². The van der Waals surface area contributed by atoms with E-state index in [1.165, 1.54) is 0 Å². The number of ether oxygens (including phenoxy) is 1. The number of para-hydroxylation sites is 1. The van der Waals surface area contributed by atoms with Gasteiger partial charge in [-0.15, -0.1) is 0 Å². The average molecular weight is 269 g/mol. The molecule has 0 saturated heterocycles. The molecule has 1 amide bonds. The Morgan fingerprint density at radius 2 is 1.85 bits per heavy atom. The van der Waals surface area contributed by atoms with E-state index < -0.39 is 0 Å². The third-order valence-corrected chi connectivity index (χ3v) is 3.25. The highest BCUT2D eigenvalue weighted by atomic mass is 16.5. The van der Waals surface area contributed by atoms with E-state index in [1.807, 2.05) is 24.3 Å². The zero-order valence-corrected chi connectivity index (χ0v) is 10.8. The highest BCUT2D eigenvalue weighted by molar-refractivity contribution is 5.96. The van der Waals surface area contributed by atoms with Crippen molar-refractivity contribution in [2.45, 2.75) is 6.04 Å². The topological polar surface area (TPSA) is 90.4 Å². The van der Waals surface area contributed by atoms with Gasteiger partial charge in [0, 0.05) is 22.5 Å². The molecule has 5 heteroatoms. The van der Waals surface area contributed by atoms with Gasteiger partial charge in [0.05, 0.1) is 6.04 Å². The molecule has 20 heavy (non-hydrogen) atoms. The highest BCUT2D eigenvalue weighted by Gasteiger charge is 2.25. The number of carbonyl (C=O) groups excluding carboxylic acids is 1. The number of fused-ring (bicyclic) bond motifs is 1. The number of hydrogen-bond acceptors (Lipinski definition) is 4. The Morgan fingerprint density at radius 1 is 1.15 bits per heavy atom. The van der Waals surface area contributed by atoms with Crippen LogP contribution in [0.2, 0.25) is 0 Å². The molecule has 5 nitrogen and oxygen atoms in total. The molecule has 2 aromatic carbocycles. The van der Waals surface area contributed by atoms with Crippen LogP contribution in [-0.4, -0.2) is 12.5 Å². The van der Waals surface area contributed by atoms with Gasteiger partial charge in [0.2, 0.25) is 0 Å². The Kier molecular flexibility index (Phi) is 2.95. The van der Waals surface area contributed by atoms with Crippen LogP contribution >= 0.6 is 0 Å². The van der Waals surface area contributed by atoms with Crippen LogP contribution in [0.25, 0.3) is 0 Å². The van der Waals surface area contributed by atoms with Crippen molar-refractivity contribution in [2.75, 3.05) is 18.1 Å². The van der Waals surface area contributed by atoms with Crippen molar-refractivity contribution >= 4 is 17.3 Å². The Labute approximate surface area is 116 Å². The minimum absolute atomic E-state index is 0.152. The largest absolute Gasteiger partial charge is 0.491 e. The lowest BCUT2D eigenvalue weighted by atomic mass is 10.1. The minimum atomic E-state index is -0.214. The number of benzene rings is 2. The van der Waals surface area contributed by atoms with Crippen LogP contribution in [-0.2, 0) is 0 Å². The molecule has 0 bridgehead atoms. The number of nitrogen functional groups attached to an aromatic ring is 2. The lowest BCUT2D eigenvalue weighted by Crippen LogP contribution is -2.29. The van der Waals surface area contributed by atoms with Gasteiger partial charge in [-0.1, -0.05) is 18.2 Å². The van der Waals surface area contributed by atoms with Crippen LogP contribution in [0, 0.1) is 0 Å². The number of nitrogens with two attached hydrogens (primary N) is 2. The van der Waals surface area contributed by atoms with Crippen molar-refractivity contribution in [3.05, 3.63) is 53.6 Å². The SMILES string of the molecule is Nc1cc(N)cc(C(=O)NC2COc3ccccc32)c1. The summed E-state index contributed by atoms with van der Waals surface area (Å²) in [7, 11) is 0. The lowest BCUT2D eigenvalue weighted by Gasteiger charge is -2.12. The second-order valence-electron chi connectivity index (χ2n) is 4.76. The number of carbonyl (C=O) groups is 1.